The first-order valence-corrected chi connectivity index (χ1v) is 8.28. The maximum Gasteiger partial charge on any atom is 0.255 e. The molecule has 0 saturated carbocycles. The maximum atomic E-state index is 13.1. The average molecular weight is 340 g/mol. The molecule has 1 saturated heterocycles. The molecule has 0 aliphatic carbocycles. The van der Waals surface area contributed by atoms with E-state index in [0.29, 0.717) is 5.56 Å². The molecule has 1 aliphatic rings. The van der Waals surface area contributed by atoms with Crippen LogP contribution in [-0.4, -0.2) is 48.8 Å². The Bertz CT molecular complexity index is 944. The van der Waals surface area contributed by atoms with Crippen LogP contribution in [0.2, 0.25) is 0 Å². The third-order valence-corrected chi connectivity index (χ3v) is 4.79. The van der Waals surface area contributed by atoms with Crippen LogP contribution >= 0.6 is 0 Å². The number of ether oxygens (including phenoxy) is 1. The SMILES string of the molecule is COc1c([C@H]2CCCN2C(=O)c2ccc3nncn3c2)c(C)nn1C. The van der Waals surface area contributed by atoms with E-state index in [1.807, 2.05) is 18.9 Å². The second kappa shape index (κ2) is 5.87. The predicted molar refractivity (Wildman–Crippen MR) is 90.5 cm³/mol. The van der Waals surface area contributed by atoms with Crippen molar-refractivity contribution in [3.05, 3.63) is 41.5 Å². The number of aryl methyl sites for hydroxylation is 2. The maximum absolute atomic E-state index is 13.1. The fourth-order valence-electron chi connectivity index (χ4n) is 3.71. The number of carbonyl (C=O) groups is 1. The molecule has 1 amide bonds. The van der Waals surface area contributed by atoms with Crippen molar-refractivity contribution in [1.82, 2.24) is 29.3 Å². The molecule has 0 bridgehead atoms. The van der Waals surface area contributed by atoms with Crippen LogP contribution in [0, 0.1) is 6.92 Å². The zero-order valence-electron chi connectivity index (χ0n) is 14.5. The number of methoxy groups -OCH3 is 1. The van der Waals surface area contributed by atoms with E-state index in [1.165, 1.54) is 0 Å². The molecule has 0 aromatic carbocycles. The van der Waals surface area contributed by atoms with Crippen molar-refractivity contribution in [3.63, 3.8) is 0 Å². The highest BCUT2D eigenvalue weighted by molar-refractivity contribution is 5.94. The summed E-state index contributed by atoms with van der Waals surface area (Å²) in [5.41, 5.74) is 3.25. The predicted octanol–water partition coefficient (Wildman–Crippen LogP) is 1.76. The molecule has 8 nitrogen and oxygen atoms in total. The smallest absolute Gasteiger partial charge is 0.255 e. The van der Waals surface area contributed by atoms with Crippen LogP contribution < -0.4 is 4.74 Å². The molecule has 3 aromatic rings. The van der Waals surface area contributed by atoms with E-state index in [0.717, 1.165) is 42.2 Å². The van der Waals surface area contributed by atoms with Gasteiger partial charge in [-0.2, -0.15) is 5.10 Å². The van der Waals surface area contributed by atoms with E-state index in [4.69, 9.17) is 4.74 Å². The normalized spacial score (nSPS) is 17.4. The quantitative estimate of drug-likeness (QED) is 0.726. The van der Waals surface area contributed by atoms with Gasteiger partial charge in [-0.15, -0.1) is 10.2 Å². The lowest BCUT2D eigenvalue weighted by Crippen LogP contribution is -2.31. The van der Waals surface area contributed by atoms with Gasteiger partial charge in [-0.3, -0.25) is 9.20 Å². The molecule has 0 radical (unpaired) electrons. The zero-order valence-corrected chi connectivity index (χ0v) is 14.5. The number of aromatic nitrogens is 5. The van der Waals surface area contributed by atoms with Crippen molar-refractivity contribution >= 4 is 11.6 Å². The monoisotopic (exact) mass is 340 g/mol. The molecule has 0 unspecified atom stereocenters. The number of amides is 1. The summed E-state index contributed by atoms with van der Waals surface area (Å²) in [6.45, 7) is 2.68. The van der Waals surface area contributed by atoms with Gasteiger partial charge in [0.25, 0.3) is 5.91 Å². The van der Waals surface area contributed by atoms with Crippen molar-refractivity contribution in [2.45, 2.75) is 25.8 Å². The van der Waals surface area contributed by atoms with E-state index in [2.05, 4.69) is 15.3 Å². The zero-order chi connectivity index (χ0) is 17.6. The van der Waals surface area contributed by atoms with Gasteiger partial charge in [0.15, 0.2) is 5.65 Å². The van der Waals surface area contributed by atoms with Crippen LogP contribution in [0.5, 0.6) is 5.88 Å². The summed E-state index contributed by atoms with van der Waals surface area (Å²) in [5, 5.41) is 12.3. The second-order valence-electron chi connectivity index (χ2n) is 6.30. The first kappa shape index (κ1) is 15.6. The lowest BCUT2D eigenvalue weighted by atomic mass is 10.0. The number of nitrogens with zero attached hydrogens (tertiary/aromatic N) is 6. The molecular weight excluding hydrogens is 320 g/mol. The molecule has 4 rings (SSSR count). The van der Waals surface area contributed by atoms with Crippen molar-refractivity contribution < 1.29 is 9.53 Å². The molecular formula is C17H20N6O2. The average Bonchev–Trinajstić information content (AvgIpc) is 3.31. The number of hydrogen-bond donors (Lipinski definition) is 0. The molecule has 8 heteroatoms. The van der Waals surface area contributed by atoms with Crippen LogP contribution in [0.4, 0.5) is 0 Å². The Hall–Kier alpha value is -2.90. The Morgan fingerprint density at radius 2 is 2.20 bits per heavy atom. The minimum atomic E-state index is -0.0206. The van der Waals surface area contributed by atoms with Gasteiger partial charge in [-0.1, -0.05) is 0 Å². The highest BCUT2D eigenvalue weighted by Gasteiger charge is 2.35. The van der Waals surface area contributed by atoms with Crippen LogP contribution in [0.3, 0.4) is 0 Å². The summed E-state index contributed by atoms with van der Waals surface area (Å²) in [6.07, 6.45) is 5.24. The minimum Gasteiger partial charge on any atom is -0.481 e. The van der Waals surface area contributed by atoms with Crippen molar-refractivity contribution in [2.75, 3.05) is 13.7 Å². The van der Waals surface area contributed by atoms with Crippen molar-refractivity contribution in [1.29, 1.82) is 0 Å². The number of carbonyl (C=O) groups excluding carboxylic acids is 1. The topological polar surface area (TPSA) is 77.6 Å². The van der Waals surface area contributed by atoms with E-state index in [-0.39, 0.29) is 11.9 Å². The van der Waals surface area contributed by atoms with Gasteiger partial charge in [-0.05, 0) is 31.9 Å². The van der Waals surface area contributed by atoms with Gasteiger partial charge in [0, 0.05) is 19.8 Å². The summed E-state index contributed by atoms with van der Waals surface area (Å²) in [6, 6.07) is 3.59. The molecule has 130 valence electrons. The van der Waals surface area contributed by atoms with E-state index in [9.17, 15) is 4.79 Å². The Morgan fingerprint density at radius 1 is 1.36 bits per heavy atom. The van der Waals surface area contributed by atoms with Crippen LogP contribution in [0.25, 0.3) is 5.65 Å². The summed E-state index contributed by atoms with van der Waals surface area (Å²) in [4.78, 5) is 15.0. The van der Waals surface area contributed by atoms with Gasteiger partial charge >= 0.3 is 0 Å². The molecule has 4 heterocycles. The Morgan fingerprint density at radius 3 is 3.00 bits per heavy atom. The Balaban J connectivity index is 1.70. The first-order chi connectivity index (χ1) is 12.1. The lowest BCUT2D eigenvalue weighted by Gasteiger charge is -2.25. The summed E-state index contributed by atoms with van der Waals surface area (Å²) < 4.78 is 9.02. The molecule has 1 atom stereocenters. The van der Waals surface area contributed by atoms with E-state index >= 15 is 0 Å². The third-order valence-electron chi connectivity index (χ3n) is 4.79. The number of pyridine rings is 1. The fraction of sp³-hybridized carbons (Fsp3) is 0.412. The van der Waals surface area contributed by atoms with Gasteiger partial charge < -0.3 is 9.64 Å². The van der Waals surface area contributed by atoms with E-state index in [1.54, 1.807) is 40.8 Å². The standard InChI is InChI=1S/C17H20N6O2/c1-11-15(17(25-3)21(2)20-11)13-5-4-8-23(13)16(24)12-6-7-14-19-18-10-22(14)9-12/h6-7,9-10,13H,4-5,8H2,1-3H3/t13-/m1/s1. The highest BCUT2D eigenvalue weighted by Crippen LogP contribution is 2.39. The molecule has 0 N–H and O–H groups in total. The fourth-order valence-corrected chi connectivity index (χ4v) is 3.71. The first-order valence-electron chi connectivity index (χ1n) is 8.28. The Labute approximate surface area is 145 Å². The number of fused-ring (bicyclic) bond motifs is 1. The summed E-state index contributed by atoms with van der Waals surface area (Å²) in [5.74, 6) is 0.722. The third kappa shape index (κ3) is 2.45. The largest absolute Gasteiger partial charge is 0.481 e. The van der Waals surface area contributed by atoms with Crippen LogP contribution in [0.1, 0.15) is 40.5 Å². The number of likely N-dealkylation sites (tertiary alicyclic amines) is 1. The van der Waals surface area contributed by atoms with Crippen molar-refractivity contribution in [2.24, 2.45) is 7.05 Å². The van der Waals surface area contributed by atoms with Gasteiger partial charge in [-0.25, -0.2) is 4.68 Å². The Kier molecular flexibility index (Phi) is 3.67. The van der Waals surface area contributed by atoms with E-state index < -0.39 is 0 Å². The molecule has 0 spiro atoms. The molecule has 1 fully saturated rings. The molecule has 25 heavy (non-hydrogen) atoms. The van der Waals surface area contributed by atoms with Crippen LogP contribution in [-0.2, 0) is 7.05 Å². The summed E-state index contributed by atoms with van der Waals surface area (Å²) >= 11 is 0. The highest BCUT2D eigenvalue weighted by atomic mass is 16.5. The number of rotatable bonds is 3. The van der Waals surface area contributed by atoms with Crippen LogP contribution in [0.15, 0.2) is 24.7 Å². The minimum absolute atomic E-state index is 0.00315. The van der Waals surface area contributed by atoms with Gasteiger partial charge in [0.05, 0.1) is 30.0 Å². The lowest BCUT2D eigenvalue weighted by molar-refractivity contribution is 0.0733. The molecule has 1 aliphatic heterocycles. The molecule has 3 aromatic heterocycles. The van der Waals surface area contributed by atoms with Gasteiger partial charge in [0.2, 0.25) is 5.88 Å². The van der Waals surface area contributed by atoms with Crippen molar-refractivity contribution in [3.8, 4) is 5.88 Å². The summed E-state index contributed by atoms with van der Waals surface area (Å²) in [7, 11) is 3.50. The number of hydrogen-bond acceptors (Lipinski definition) is 5. The van der Waals surface area contributed by atoms with Gasteiger partial charge in [0.1, 0.15) is 6.33 Å². The second-order valence-corrected chi connectivity index (χ2v) is 6.30.